The number of primary amides is 1. The van der Waals surface area contributed by atoms with Crippen LogP contribution in [0, 0.1) is 18.3 Å². The number of carbonyl (C=O) groups excluding carboxylic acids is 1. The van der Waals surface area contributed by atoms with E-state index in [2.05, 4.69) is 31.3 Å². The summed E-state index contributed by atoms with van der Waals surface area (Å²) in [5, 5.41) is 16.8. The van der Waals surface area contributed by atoms with Gasteiger partial charge in [-0.1, -0.05) is 26.0 Å². The van der Waals surface area contributed by atoms with Crippen molar-refractivity contribution >= 4 is 11.6 Å². The molecule has 0 bridgehead atoms. The minimum atomic E-state index is -0.676. The zero-order valence-electron chi connectivity index (χ0n) is 16.9. The van der Waals surface area contributed by atoms with Crippen molar-refractivity contribution in [3.05, 3.63) is 76.6 Å². The van der Waals surface area contributed by atoms with Crippen LogP contribution in [0.2, 0.25) is 0 Å². The van der Waals surface area contributed by atoms with Crippen LogP contribution >= 0.6 is 0 Å². The molecule has 1 heterocycles. The molecule has 0 fully saturated rings. The Kier molecular flexibility index (Phi) is 5.99. The van der Waals surface area contributed by atoms with E-state index in [1.165, 1.54) is 0 Å². The highest BCUT2D eigenvalue weighted by Gasteiger charge is 2.19. The number of nitriles is 1. The molecule has 2 aromatic carbocycles. The predicted octanol–water partition coefficient (Wildman–Crippen LogP) is 3.82. The molecule has 0 aliphatic rings. The van der Waals surface area contributed by atoms with Crippen molar-refractivity contribution in [2.24, 2.45) is 5.73 Å². The molecule has 6 nitrogen and oxygen atoms in total. The monoisotopic (exact) mass is 387 g/mol. The summed E-state index contributed by atoms with van der Waals surface area (Å²) >= 11 is 0. The molecule has 1 unspecified atom stereocenters. The number of nitrogens with one attached hydrogen (secondary N) is 1. The van der Waals surface area contributed by atoms with Crippen LogP contribution in [0.1, 0.15) is 48.0 Å². The molecule has 0 saturated heterocycles. The number of benzene rings is 2. The number of aryl methyl sites for hydroxylation is 3. The highest BCUT2D eigenvalue weighted by atomic mass is 16.1. The molecular formula is C23H25N5O. The summed E-state index contributed by atoms with van der Waals surface area (Å²) in [4.78, 5) is 12.1. The number of nitrogens with zero attached hydrogens (tertiary/aromatic N) is 3. The number of rotatable bonds is 7. The molecule has 1 aromatic heterocycles. The quantitative estimate of drug-likeness (QED) is 0.644. The third-order valence-corrected chi connectivity index (χ3v) is 4.95. The SMILES string of the molecule is CCc1cc(CC)n(-c2ccc(C(Nc3ccc(C#N)cc3)C(N)=O)cc2C)n1. The van der Waals surface area contributed by atoms with Crippen LogP contribution in [-0.2, 0) is 17.6 Å². The molecule has 3 N–H and O–H groups in total. The van der Waals surface area contributed by atoms with Gasteiger partial charge in [-0.2, -0.15) is 10.4 Å². The third kappa shape index (κ3) is 4.30. The van der Waals surface area contributed by atoms with Crippen molar-refractivity contribution in [2.75, 3.05) is 5.32 Å². The van der Waals surface area contributed by atoms with Crippen molar-refractivity contribution in [2.45, 2.75) is 39.7 Å². The topological polar surface area (TPSA) is 96.7 Å². The van der Waals surface area contributed by atoms with Crippen LogP contribution in [0.25, 0.3) is 5.69 Å². The van der Waals surface area contributed by atoms with Gasteiger partial charge in [-0.15, -0.1) is 0 Å². The van der Waals surface area contributed by atoms with E-state index >= 15 is 0 Å². The largest absolute Gasteiger partial charge is 0.370 e. The standard InChI is InChI=1S/C23H25N5O/c1-4-18-13-20(5-2)28(27-18)21-11-8-17(12-15(21)3)22(23(25)29)26-19-9-6-16(14-24)7-10-19/h6-13,22,26H,4-5H2,1-3H3,(H2,25,29). The van der Waals surface area contributed by atoms with Gasteiger partial charge in [0.05, 0.1) is 23.0 Å². The first-order valence-electron chi connectivity index (χ1n) is 9.71. The molecule has 0 aliphatic heterocycles. The number of hydrogen-bond acceptors (Lipinski definition) is 4. The lowest BCUT2D eigenvalue weighted by atomic mass is 10.0. The van der Waals surface area contributed by atoms with Gasteiger partial charge in [-0.3, -0.25) is 4.79 Å². The first kappa shape index (κ1) is 20.2. The molecule has 1 amide bonds. The summed E-state index contributed by atoms with van der Waals surface area (Å²) in [5.74, 6) is -0.469. The maximum atomic E-state index is 12.1. The maximum absolute atomic E-state index is 12.1. The van der Waals surface area contributed by atoms with Crippen molar-refractivity contribution in [3.8, 4) is 11.8 Å². The summed E-state index contributed by atoms with van der Waals surface area (Å²) in [5.41, 5.74) is 11.9. The van der Waals surface area contributed by atoms with Crippen LogP contribution in [0.15, 0.2) is 48.5 Å². The zero-order valence-corrected chi connectivity index (χ0v) is 16.9. The Morgan fingerprint density at radius 2 is 1.90 bits per heavy atom. The molecule has 0 radical (unpaired) electrons. The normalized spacial score (nSPS) is 11.7. The molecule has 0 saturated carbocycles. The average Bonchev–Trinajstić information content (AvgIpc) is 3.15. The van der Waals surface area contributed by atoms with E-state index in [0.717, 1.165) is 46.7 Å². The predicted molar refractivity (Wildman–Crippen MR) is 114 cm³/mol. The second kappa shape index (κ2) is 8.61. The first-order valence-corrected chi connectivity index (χ1v) is 9.71. The summed E-state index contributed by atoms with van der Waals surface area (Å²) in [7, 11) is 0. The number of anilines is 1. The number of hydrogen-bond donors (Lipinski definition) is 2. The Bertz CT molecular complexity index is 1060. The second-order valence-corrected chi connectivity index (χ2v) is 6.96. The lowest BCUT2D eigenvalue weighted by Gasteiger charge is -2.19. The highest BCUT2D eigenvalue weighted by Crippen LogP contribution is 2.25. The lowest BCUT2D eigenvalue weighted by molar-refractivity contribution is -0.118. The molecule has 1 atom stereocenters. The van der Waals surface area contributed by atoms with E-state index in [1.54, 1.807) is 24.3 Å². The van der Waals surface area contributed by atoms with Crippen LogP contribution in [0.5, 0.6) is 0 Å². The lowest BCUT2D eigenvalue weighted by Crippen LogP contribution is -2.27. The molecule has 6 heteroatoms. The van der Waals surface area contributed by atoms with Crippen LogP contribution in [0.4, 0.5) is 5.69 Å². The van der Waals surface area contributed by atoms with Gasteiger partial charge in [0.1, 0.15) is 6.04 Å². The van der Waals surface area contributed by atoms with E-state index in [0.29, 0.717) is 5.56 Å². The molecular weight excluding hydrogens is 362 g/mol. The fourth-order valence-corrected chi connectivity index (χ4v) is 3.33. The Hall–Kier alpha value is -3.59. The molecule has 29 heavy (non-hydrogen) atoms. The van der Waals surface area contributed by atoms with Crippen molar-refractivity contribution < 1.29 is 4.79 Å². The Morgan fingerprint density at radius 1 is 1.17 bits per heavy atom. The Balaban J connectivity index is 1.93. The van der Waals surface area contributed by atoms with Crippen molar-refractivity contribution in [3.63, 3.8) is 0 Å². The molecule has 3 aromatic rings. The van der Waals surface area contributed by atoms with E-state index < -0.39 is 11.9 Å². The van der Waals surface area contributed by atoms with Crippen LogP contribution < -0.4 is 11.1 Å². The van der Waals surface area contributed by atoms with Crippen LogP contribution in [-0.4, -0.2) is 15.7 Å². The van der Waals surface area contributed by atoms with E-state index in [4.69, 9.17) is 16.1 Å². The summed E-state index contributed by atoms with van der Waals surface area (Å²) in [6.45, 7) is 6.21. The maximum Gasteiger partial charge on any atom is 0.244 e. The van der Waals surface area contributed by atoms with Gasteiger partial charge < -0.3 is 11.1 Å². The van der Waals surface area contributed by atoms with Crippen LogP contribution in [0.3, 0.4) is 0 Å². The van der Waals surface area contributed by atoms with Gasteiger partial charge in [0, 0.05) is 11.4 Å². The smallest absolute Gasteiger partial charge is 0.244 e. The summed E-state index contributed by atoms with van der Waals surface area (Å²) in [6.07, 6.45) is 1.77. The van der Waals surface area contributed by atoms with Gasteiger partial charge in [0.2, 0.25) is 5.91 Å². The van der Waals surface area contributed by atoms with Gasteiger partial charge >= 0.3 is 0 Å². The minimum Gasteiger partial charge on any atom is -0.370 e. The zero-order chi connectivity index (χ0) is 21.0. The molecule has 0 spiro atoms. The Morgan fingerprint density at radius 3 is 2.45 bits per heavy atom. The van der Waals surface area contributed by atoms with Crippen molar-refractivity contribution in [1.29, 1.82) is 5.26 Å². The van der Waals surface area contributed by atoms with Crippen molar-refractivity contribution in [1.82, 2.24) is 9.78 Å². The van der Waals surface area contributed by atoms with Gasteiger partial charge in [0.25, 0.3) is 0 Å². The van der Waals surface area contributed by atoms with E-state index in [-0.39, 0.29) is 0 Å². The third-order valence-electron chi connectivity index (χ3n) is 4.95. The molecule has 0 aliphatic carbocycles. The minimum absolute atomic E-state index is 0.469. The Labute approximate surface area is 171 Å². The fraction of sp³-hybridized carbons (Fsp3) is 0.261. The van der Waals surface area contributed by atoms with E-state index in [1.807, 2.05) is 29.8 Å². The number of carbonyl (C=O) groups is 1. The summed E-state index contributed by atoms with van der Waals surface area (Å²) in [6, 6.07) is 16.3. The molecule has 3 rings (SSSR count). The summed E-state index contributed by atoms with van der Waals surface area (Å²) < 4.78 is 1.98. The number of amides is 1. The molecule has 148 valence electrons. The van der Waals surface area contributed by atoms with E-state index in [9.17, 15) is 4.79 Å². The second-order valence-electron chi connectivity index (χ2n) is 6.96. The first-order chi connectivity index (χ1) is 14.0. The average molecular weight is 387 g/mol. The van der Waals surface area contributed by atoms with Gasteiger partial charge in [-0.05, 0) is 67.3 Å². The number of nitrogens with two attached hydrogens (primary N) is 1. The number of aromatic nitrogens is 2. The van der Waals surface area contributed by atoms with Gasteiger partial charge in [-0.25, -0.2) is 4.68 Å². The fourth-order valence-electron chi connectivity index (χ4n) is 3.33. The van der Waals surface area contributed by atoms with Gasteiger partial charge in [0.15, 0.2) is 0 Å². The highest BCUT2D eigenvalue weighted by molar-refractivity contribution is 5.84.